The average Bonchev–Trinajstić information content (AvgIpc) is 3.51. The van der Waals surface area contributed by atoms with Gasteiger partial charge >= 0.3 is 0 Å². The number of benzene rings is 3. The number of halogens is 1. The van der Waals surface area contributed by atoms with Gasteiger partial charge < -0.3 is 19.7 Å². The summed E-state index contributed by atoms with van der Waals surface area (Å²) >= 11 is 6.30. The number of ether oxygens (including phenoxy) is 2. The molecule has 0 bridgehead atoms. The van der Waals surface area contributed by atoms with Crippen molar-refractivity contribution in [3.05, 3.63) is 82.9 Å². The highest BCUT2D eigenvalue weighted by Crippen LogP contribution is 2.35. The van der Waals surface area contributed by atoms with E-state index in [0.29, 0.717) is 5.75 Å². The van der Waals surface area contributed by atoms with E-state index in [4.69, 9.17) is 21.1 Å². The number of nitrogens with one attached hydrogen (secondary N) is 1. The molecule has 0 aromatic heterocycles. The molecule has 1 fully saturated rings. The third-order valence-corrected chi connectivity index (χ3v) is 9.69. The van der Waals surface area contributed by atoms with Crippen molar-refractivity contribution < 1.29 is 27.5 Å². The van der Waals surface area contributed by atoms with Crippen LogP contribution in [-0.4, -0.2) is 58.0 Å². The molecule has 0 radical (unpaired) electrons. The second kappa shape index (κ2) is 14.1. The molecule has 43 heavy (non-hydrogen) atoms. The van der Waals surface area contributed by atoms with Crippen molar-refractivity contribution in [3.8, 4) is 11.5 Å². The summed E-state index contributed by atoms with van der Waals surface area (Å²) in [5.74, 6) is 0.0170. The molecule has 0 spiro atoms. The topological polar surface area (TPSA) is 105 Å². The maximum Gasteiger partial charge on any atom is 0.264 e. The predicted molar refractivity (Wildman–Crippen MR) is 167 cm³/mol. The van der Waals surface area contributed by atoms with E-state index in [9.17, 15) is 18.0 Å². The summed E-state index contributed by atoms with van der Waals surface area (Å²) in [5, 5.41) is 3.34. The molecule has 4 rings (SSSR count). The van der Waals surface area contributed by atoms with Crippen molar-refractivity contribution in [2.24, 2.45) is 0 Å². The molecule has 11 heteroatoms. The number of hydrogen-bond donors (Lipinski definition) is 1. The highest BCUT2D eigenvalue weighted by molar-refractivity contribution is 7.92. The molecule has 0 heterocycles. The molecule has 0 saturated heterocycles. The molecule has 2 amide bonds. The number of methoxy groups -OCH3 is 2. The maximum absolute atomic E-state index is 14.2. The van der Waals surface area contributed by atoms with Gasteiger partial charge in [0, 0.05) is 17.6 Å². The van der Waals surface area contributed by atoms with Gasteiger partial charge in [0.25, 0.3) is 10.0 Å². The first kappa shape index (κ1) is 32.2. The number of anilines is 1. The first-order valence-electron chi connectivity index (χ1n) is 14.2. The normalized spacial score (nSPS) is 14.2. The summed E-state index contributed by atoms with van der Waals surface area (Å²) < 4.78 is 40.0. The lowest BCUT2D eigenvalue weighted by molar-refractivity contribution is -0.139. The van der Waals surface area contributed by atoms with E-state index >= 15 is 0 Å². The van der Waals surface area contributed by atoms with Gasteiger partial charge in [0.05, 0.1) is 24.8 Å². The molecule has 1 aliphatic carbocycles. The molecule has 0 aliphatic heterocycles. The van der Waals surface area contributed by atoms with Crippen LogP contribution in [0.2, 0.25) is 5.02 Å². The zero-order chi connectivity index (χ0) is 31.1. The summed E-state index contributed by atoms with van der Waals surface area (Å²) in [7, 11) is -1.29. The summed E-state index contributed by atoms with van der Waals surface area (Å²) in [6.45, 7) is 2.99. The summed E-state index contributed by atoms with van der Waals surface area (Å²) in [6, 6.07) is 17.3. The van der Waals surface area contributed by atoms with Gasteiger partial charge in [-0.3, -0.25) is 13.9 Å². The van der Waals surface area contributed by atoms with Crippen molar-refractivity contribution in [2.45, 2.75) is 63.1 Å². The minimum Gasteiger partial charge on any atom is -0.497 e. The monoisotopic (exact) mass is 627 g/mol. The third kappa shape index (κ3) is 7.80. The highest BCUT2D eigenvalue weighted by Gasteiger charge is 2.34. The van der Waals surface area contributed by atoms with E-state index in [1.54, 1.807) is 50.4 Å². The fraction of sp³-hybridized carbons (Fsp3) is 0.375. The quantitative estimate of drug-likeness (QED) is 0.291. The average molecular weight is 628 g/mol. The number of sulfonamides is 1. The molecule has 3 aromatic rings. The van der Waals surface area contributed by atoms with Crippen molar-refractivity contribution in [3.63, 3.8) is 0 Å². The van der Waals surface area contributed by atoms with Gasteiger partial charge in [-0.1, -0.05) is 54.3 Å². The number of hydrogen-bond acceptors (Lipinski definition) is 6. The summed E-state index contributed by atoms with van der Waals surface area (Å²) in [4.78, 5) is 29.0. The second-order valence-electron chi connectivity index (χ2n) is 10.7. The van der Waals surface area contributed by atoms with Crippen LogP contribution >= 0.6 is 11.6 Å². The number of nitrogens with zero attached hydrogens (tertiary/aromatic N) is 2. The van der Waals surface area contributed by atoms with Gasteiger partial charge in [-0.05, 0) is 74.7 Å². The lowest BCUT2D eigenvalue weighted by atomic mass is 10.1. The molecule has 1 saturated carbocycles. The van der Waals surface area contributed by atoms with Gasteiger partial charge in [-0.25, -0.2) is 8.42 Å². The first-order valence-corrected chi connectivity index (χ1v) is 16.0. The lowest BCUT2D eigenvalue weighted by Crippen LogP contribution is -2.52. The van der Waals surface area contributed by atoms with Gasteiger partial charge in [0.15, 0.2) is 0 Å². The molecular formula is C32H38ClN3O6S. The highest BCUT2D eigenvalue weighted by atomic mass is 35.5. The van der Waals surface area contributed by atoms with Crippen LogP contribution in [0.1, 0.15) is 43.7 Å². The molecule has 1 atom stereocenters. The van der Waals surface area contributed by atoms with Crippen molar-refractivity contribution in [1.82, 2.24) is 10.2 Å². The first-order chi connectivity index (χ1) is 20.5. The van der Waals surface area contributed by atoms with Gasteiger partial charge in [-0.2, -0.15) is 0 Å². The molecule has 1 N–H and O–H groups in total. The zero-order valence-electron chi connectivity index (χ0n) is 24.9. The Labute approximate surface area is 258 Å². The van der Waals surface area contributed by atoms with Crippen LogP contribution < -0.4 is 19.1 Å². The van der Waals surface area contributed by atoms with Crippen LogP contribution in [-0.2, 0) is 26.2 Å². The van der Waals surface area contributed by atoms with Gasteiger partial charge in [0.1, 0.15) is 24.1 Å². The van der Waals surface area contributed by atoms with Crippen LogP contribution in [0.4, 0.5) is 5.69 Å². The Bertz CT molecular complexity index is 1520. The number of rotatable bonds is 12. The van der Waals surface area contributed by atoms with E-state index in [1.807, 2.05) is 19.1 Å². The number of carbonyl (C=O) groups excluding carboxylic acids is 2. The lowest BCUT2D eigenvalue weighted by Gasteiger charge is -2.33. The van der Waals surface area contributed by atoms with E-state index in [0.717, 1.165) is 41.1 Å². The fourth-order valence-electron chi connectivity index (χ4n) is 5.11. The molecule has 1 aliphatic rings. The van der Waals surface area contributed by atoms with Crippen molar-refractivity contribution >= 4 is 39.1 Å². The third-order valence-electron chi connectivity index (χ3n) is 7.68. The van der Waals surface area contributed by atoms with Crippen LogP contribution in [0.25, 0.3) is 0 Å². The number of aryl methyl sites for hydroxylation is 1. The van der Waals surface area contributed by atoms with Gasteiger partial charge in [-0.15, -0.1) is 0 Å². The Kier molecular flexibility index (Phi) is 10.6. The summed E-state index contributed by atoms with van der Waals surface area (Å²) in [6.07, 6.45) is 3.87. The Morgan fingerprint density at radius 2 is 1.63 bits per heavy atom. The van der Waals surface area contributed by atoms with Crippen molar-refractivity contribution in [2.75, 3.05) is 25.1 Å². The molecule has 1 unspecified atom stereocenters. The van der Waals surface area contributed by atoms with E-state index in [-0.39, 0.29) is 39.8 Å². The smallest absolute Gasteiger partial charge is 0.264 e. The standard InChI is InChI=1S/C32H38ClN3O6S/c1-22-9-16-28(17-10-22)43(39,40)36(29-19-25(33)13-18-30(29)42-4)21-31(37)35(20-24-11-14-27(41-3)15-12-24)23(2)32(38)34-26-7-5-6-8-26/h9-19,23,26H,5-8,20-21H2,1-4H3,(H,34,38). The molecular weight excluding hydrogens is 590 g/mol. The zero-order valence-corrected chi connectivity index (χ0v) is 26.5. The number of carbonyl (C=O) groups is 2. The Balaban J connectivity index is 1.73. The SMILES string of the molecule is COc1ccc(CN(C(=O)CN(c2cc(Cl)ccc2OC)S(=O)(=O)c2ccc(C)cc2)C(C)C(=O)NC2CCCC2)cc1. The van der Waals surface area contributed by atoms with Crippen LogP contribution in [0.5, 0.6) is 11.5 Å². The van der Waals surface area contributed by atoms with Crippen LogP contribution in [0, 0.1) is 6.92 Å². The van der Waals surface area contributed by atoms with E-state index in [1.165, 1.54) is 30.2 Å². The Morgan fingerprint density at radius 3 is 2.23 bits per heavy atom. The van der Waals surface area contributed by atoms with Crippen LogP contribution in [0.3, 0.4) is 0 Å². The fourth-order valence-corrected chi connectivity index (χ4v) is 6.69. The molecule has 3 aromatic carbocycles. The van der Waals surface area contributed by atoms with Crippen molar-refractivity contribution in [1.29, 1.82) is 0 Å². The molecule has 230 valence electrons. The second-order valence-corrected chi connectivity index (χ2v) is 13.0. The predicted octanol–water partition coefficient (Wildman–Crippen LogP) is 5.34. The van der Waals surface area contributed by atoms with E-state index in [2.05, 4.69) is 5.32 Å². The Morgan fingerprint density at radius 1 is 0.977 bits per heavy atom. The Hall–Kier alpha value is -3.76. The van der Waals surface area contributed by atoms with E-state index < -0.39 is 28.5 Å². The number of amides is 2. The van der Waals surface area contributed by atoms with Gasteiger partial charge in [0.2, 0.25) is 11.8 Å². The molecule has 9 nitrogen and oxygen atoms in total. The minimum atomic E-state index is -4.27. The maximum atomic E-state index is 14.2. The summed E-state index contributed by atoms with van der Waals surface area (Å²) in [5.41, 5.74) is 1.74. The minimum absolute atomic E-state index is 0.00154. The largest absolute Gasteiger partial charge is 0.497 e. The van der Waals surface area contributed by atoms with Crippen LogP contribution in [0.15, 0.2) is 71.6 Å².